The van der Waals surface area contributed by atoms with Gasteiger partial charge in [-0.3, -0.25) is 14.5 Å². The van der Waals surface area contributed by atoms with Crippen LogP contribution in [0.4, 0.5) is 0 Å². The zero-order chi connectivity index (χ0) is 21.4. The minimum atomic E-state index is -0.537. The smallest absolute Gasteiger partial charge is 0.309 e. The van der Waals surface area contributed by atoms with Crippen LogP contribution in [0.25, 0.3) is 0 Å². The molecule has 0 radical (unpaired) electrons. The van der Waals surface area contributed by atoms with Crippen molar-refractivity contribution in [1.82, 2.24) is 20.4 Å². The Morgan fingerprint density at radius 1 is 1.06 bits per heavy atom. The molecule has 168 valence electrons. The van der Waals surface area contributed by atoms with Crippen LogP contribution in [0.15, 0.2) is 18.2 Å². The Labute approximate surface area is 183 Å². The summed E-state index contributed by atoms with van der Waals surface area (Å²) in [7, 11) is 2.17. The normalized spacial score (nSPS) is 25.4. The summed E-state index contributed by atoms with van der Waals surface area (Å²) in [4.78, 5) is 29.8. The maximum absolute atomic E-state index is 12.5. The molecule has 0 aromatic heterocycles. The van der Waals surface area contributed by atoms with Gasteiger partial charge in [0.1, 0.15) is 0 Å². The monoisotopic (exact) mass is 428 g/mol. The van der Waals surface area contributed by atoms with Gasteiger partial charge in [-0.25, -0.2) is 0 Å². The summed E-state index contributed by atoms with van der Waals surface area (Å²) < 4.78 is 10.9. The molecule has 2 N–H and O–H groups in total. The average molecular weight is 429 g/mol. The van der Waals surface area contributed by atoms with Gasteiger partial charge < -0.3 is 25.0 Å². The zero-order valence-electron chi connectivity index (χ0n) is 18.2. The number of nitrogens with zero attached hydrogens (tertiary/aromatic N) is 2. The maximum atomic E-state index is 12.5. The van der Waals surface area contributed by atoms with Crippen molar-refractivity contribution in [2.45, 2.75) is 49.6 Å². The van der Waals surface area contributed by atoms with Gasteiger partial charge in [-0.2, -0.15) is 0 Å². The third-order valence-electron chi connectivity index (χ3n) is 7.39. The van der Waals surface area contributed by atoms with Crippen molar-refractivity contribution < 1.29 is 19.1 Å². The molecule has 1 aromatic rings. The third-order valence-corrected chi connectivity index (χ3v) is 7.39. The number of amides is 2. The van der Waals surface area contributed by atoms with Crippen LogP contribution in [-0.2, 0) is 15.0 Å². The molecule has 3 fully saturated rings. The molecule has 31 heavy (non-hydrogen) atoms. The number of carbonyl (C=O) groups is 2. The lowest BCUT2D eigenvalue weighted by Crippen LogP contribution is -2.48. The average Bonchev–Trinajstić information content (AvgIpc) is 3.18. The highest BCUT2D eigenvalue weighted by Gasteiger charge is 2.45. The van der Waals surface area contributed by atoms with Crippen LogP contribution in [0, 0.1) is 0 Å². The summed E-state index contributed by atoms with van der Waals surface area (Å²) >= 11 is 0. The Morgan fingerprint density at radius 2 is 1.84 bits per heavy atom. The number of benzene rings is 1. The van der Waals surface area contributed by atoms with Crippen LogP contribution in [0.1, 0.15) is 37.7 Å². The van der Waals surface area contributed by atoms with E-state index in [0.29, 0.717) is 12.6 Å². The van der Waals surface area contributed by atoms with E-state index in [1.54, 1.807) is 0 Å². The number of hydrogen-bond acceptors (Lipinski definition) is 6. The van der Waals surface area contributed by atoms with Gasteiger partial charge in [0.2, 0.25) is 6.79 Å². The second kappa shape index (κ2) is 8.31. The topological polar surface area (TPSA) is 83.1 Å². The lowest BCUT2D eigenvalue weighted by atomic mass is 9.95. The van der Waals surface area contributed by atoms with E-state index in [9.17, 15) is 9.59 Å². The fourth-order valence-corrected chi connectivity index (χ4v) is 5.12. The fourth-order valence-electron chi connectivity index (χ4n) is 5.12. The second-order valence-corrected chi connectivity index (χ2v) is 9.52. The minimum absolute atomic E-state index is 0.0571. The van der Waals surface area contributed by atoms with E-state index >= 15 is 0 Å². The Bertz CT molecular complexity index is 848. The molecule has 8 nitrogen and oxygen atoms in total. The number of rotatable bonds is 5. The first-order valence-corrected chi connectivity index (χ1v) is 11.4. The highest BCUT2D eigenvalue weighted by molar-refractivity contribution is 6.35. The molecule has 2 amide bonds. The van der Waals surface area contributed by atoms with Crippen LogP contribution >= 0.6 is 0 Å². The third kappa shape index (κ3) is 4.36. The molecule has 1 aromatic carbocycles. The molecule has 4 aliphatic rings. The van der Waals surface area contributed by atoms with E-state index in [0.717, 1.165) is 62.5 Å². The molecule has 8 heteroatoms. The quantitative estimate of drug-likeness (QED) is 0.677. The Kier molecular flexibility index (Phi) is 5.52. The molecule has 0 bridgehead atoms. The lowest BCUT2D eigenvalue weighted by molar-refractivity contribution is -0.139. The van der Waals surface area contributed by atoms with E-state index < -0.39 is 11.8 Å². The van der Waals surface area contributed by atoms with Crippen molar-refractivity contribution in [3.05, 3.63) is 23.8 Å². The van der Waals surface area contributed by atoms with Crippen molar-refractivity contribution in [2.24, 2.45) is 0 Å². The van der Waals surface area contributed by atoms with Crippen molar-refractivity contribution in [2.75, 3.05) is 46.6 Å². The molecule has 1 aliphatic carbocycles. The van der Waals surface area contributed by atoms with Crippen LogP contribution in [0.3, 0.4) is 0 Å². The summed E-state index contributed by atoms with van der Waals surface area (Å²) in [5.41, 5.74) is 1.02. The number of ether oxygens (including phenoxy) is 2. The fraction of sp³-hybridized carbons (Fsp3) is 0.652. The Morgan fingerprint density at radius 3 is 2.61 bits per heavy atom. The molecule has 1 saturated carbocycles. The Balaban J connectivity index is 1.09. The van der Waals surface area contributed by atoms with Gasteiger partial charge in [-0.15, -0.1) is 0 Å². The van der Waals surface area contributed by atoms with E-state index in [2.05, 4.69) is 27.5 Å². The first-order chi connectivity index (χ1) is 15.0. The first kappa shape index (κ1) is 20.6. The van der Waals surface area contributed by atoms with Crippen LogP contribution in [0.2, 0.25) is 0 Å². The van der Waals surface area contributed by atoms with E-state index in [-0.39, 0.29) is 18.2 Å². The lowest BCUT2D eigenvalue weighted by Gasteiger charge is -2.35. The minimum Gasteiger partial charge on any atom is -0.454 e. The summed E-state index contributed by atoms with van der Waals surface area (Å²) in [6.07, 6.45) is 5.25. The molecule has 3 aliphatic heterocycles. The van der Waals surface area contributed by atoms with E-state index in [1.807, 2.05) is 18.2 Å². The van der Waals surface area contributed by atoms with E-state index in [4.69, 9.17) is 9.47 Å². The van der Waals surface area contributed by atoms with Gasteiger partial charge in [-0.05, 0) is 69.9 Å². The van der Waals surface area contributed by atoms with Crippen molar-refractivity contribution >= 4 is 11.8 Å². The molecule has 1 unspecified atom stereocenters. The molecule has 3 heterocycles. The summed E-state index contributed by atoms with van der Waals surface area (Å²) in [5.74, 6) is 0.457. The van der Waals surface area contributed by atoms with Gasteiger partial charge >= 0.3 is 11.8 Å². The summed E-state index contributed by atoms with van der Waals surface area (Å²) in [5, 5.41) is 5.81. The molecular weight excluding hydrogens is 396 g/mol. The van der Waals surface area contributed by atoms with Gasteiger partial charge in [0.25, 0.3) is 0 Å². The van der Waals surface area contributed by atoms with Gasteiger partial charge in [0.05, 0.1) is 0 Å². The first-order valence-electron chi connectivity index (χ1n) is 11.4. The van der Waals surface area contributed by atoms with Gasteiger partial charge in [-0.1, -0.05) is 6.07 Å². The van der Waals surface area contributed by atoms with E-state index in [1.165, 1.54) is 12.8 Å². The zero-order valence-corrected chi connectivity index (χ0v) is 18.2. The largest absolute Gasteiger partial charge is 0.454 e. The van der Waals surface area contributed by atoms with Crippen LogP contribution in [0.5, 0.6) is 11.5 Å². The predicted octanol–water partition coefficient (Wildman–Crippen LogP) is 0.848. The number of fused-ring (bicyclic) bond motifs is 1. The van der Waals surface area contributed by atoms with Crippen molar-refractivity contribution in [3.63, 3.8) is 0 Å². The second-order valence-electron chi connectivity index (χ2n) is 9.52. The molecule has 0 spiro atoms. The van der Waals surface area contributed by atoms with Crippen molar-refractivity contribution in [3.8, 4) is 11.5 Å². The SMILES string of the molecule is CN1CCC(N2CCC(NC(=O)C(=O)NCC3(c4ccc5c(c4)OCO5)CC3)C2)CC1. The highest BCUT2D eigenvalue weighted by Crippen LogP contribution is 2.49. The summed E-state index contributed by atoms with van der Waals surface area (Å²) in [6, 6.07) is 6.60. The Hall–Kier alpha value is -2.32. The van der Waals surface area contributed by atoms with Gasteiger partial charge in [0.15, 0.2) is 11.5 Å². The van der Waals surface area contributed by atoms with Gasteiger partial charge in [0, 0.05) is 37.1 Å². The number of hydrogen-bond donors (Lipinski definition) is 2. The van der Waals surface area contributed by atoms with Crippen LogP contribution in [-0.4, -0.2) is 80.3 Å². The van der Waals surface area contributed by atoms with Crippen molar-refractivity contribution in [1.29, 1.82) is 0 Å². The maximum Gasteiger partial charge on any atom is 0.309 e. The number of likely N-dealkylation sites (tertiary alicyclic amines) is 2. The molecule has 5 rings (SSSR count). The highest BCUT2D eigenvalue weighted by atomic mass is 16.7. The number of carbonyl (C=O) groups excluding carboxylic acids is 2. The molecule has 1 atom stereocenters. The number of nitrogens with one attached hydrogen (secondary N) is 2. The molecular formula is C23H32N4O4. The summed E-state index contributed by atoms with van der Waals surface area (Å²) in [6.45, 7) is 4.81. The number of piperidine rings is 1. The van der Waals surface area contributed by atoms with Crippen LogP contribution < -0.4 is 20.1 Å². The molecule has 2 saturated heterocycles. The standard InChI is InChI=1S/C23H32N4O4/c1-26-9-5-18(6-10-26)27-11-4-17(13-27)25-22(29)21(28)24-14-23(7-8-23)16-2-3-19-20(12-16)31-15-30-19/h2-3,12,17-18H,4-11,13-15H2,1H3,(H,24,28)(H,25,29). The predicted molar refractivity (Wildman–Crippen MR) is 115 cm³/mol.